The maximum absolute atomic E-state index is 2.36. The molecule has 0 saturated heterocycles. The van der Waals surface area contributed by atoms with E-state index < -0.39 is 0 Å². The standard InChI is InChI=1S/C28H19N/c1-3-12-23(13-4-1)29(24-14-5-2-6-15-24)26-19-22-11-7-9-20-17-18-21-10-8-16-25(26)28(21)27(20)22/h1-19H. The van der Waals surface area contributed by atoms with Crippen LogP contribution in [0.1, 0.15) is 0 Å². The van der Waals surface area contributed by atoms with Crippen LogP contribution in [-0.4, -0.2) is 0 Å². The zero-order valence-electron chi connectivity index (χ0n) is 15.9. The van der Waals surface area contributed by atoms with Crippen LogP contribution in [0.4, 0.5) is 17.1 Å². The van der Waals surface area contributed by atoms with E-state index in [-0.39, 0.29) is 0 Å². The van der Waals surface area contributed by atoms with E-state index in [0.29, 0.717) is 0 Å². The van der Waals surface area contributed by atoms with Crippen molar-refractivity contribution in [3.8, 4) is 0 Å². The first-order chi connectivity index (χ1) is 14.4. The molecule has 0 aliphatic carbocycles. The van der Waals surface area contributed by atoms with Crippen LogP contribution in [0.15, 0.2) is 115 Å². The van der Waals surface area contributed by atoms with E-state index in [9.17, 15) is 0 Å². The predicted molar refractivity (Wildman–Crippen MR) is 125 cm³/mol. The molecule has 136 valence electrons. The first-order valence-electron chi connectivity index (χ1n) is 9.97. The molecule has 0 aromatic heterocycles. The van der Waals surface area contributed by atoms with Gasteiger partial charge in [0, 0.05) is 16.8 Å². The predicted octanol–water partition coefficient (Wildman–Crippen LogP) is 8.05. The van der Waals surface area contributed by atoms with Gasteiger partial charge in [-0.05, 0) is 57.3 Å². The average Bonchev–Trinajstić information content (AvgIpc) is 2.80. The van der Waals surface area contributed by atoms with Crippen molar-refractivity contribution in [3.63, 3.8) is 0 Å². The summed E-state index contributed by atoms with van der Waals surface area (Å²) in [5.41, 5.74) is 3.53. The van der Waals surface area contributed by atoms with Crippen molar-refractivity contribution < 1.29 is 0 Å². The van der Waals surface area contributed by atoms with Crippen LogP contribution >= 0.6 is 0 Å². The monoisotopic (exact) mass is 369 g/mol. The summed E-state index contributed by atoms with van der Waals surface area (Å²) < 4.78 is 0. The first-order valence-corrected chi connectivity index (χ1v) is 9.97. The van der Waals surface area contributed by atoms with E-state index >= 15 is 0 Å². The van der Waals surface area contributed by atoms with Gasteiger partial charge in [0.2, 0.25) is 0 Å². The number of benzene rings is 6. The summed E-state index contributed by atoms with van der Waals surface area (Å²) in [7, 11) is 0. The van der Waals surface area contributed by atoms with Crippen LogP contribution < -0.4 is 4.90 Å². The summed E-state index contributed by atoms with van der Waals surface area (Å²) in [6.45, 7) is 0. The van der Waals surface area contributed by atoms with Crippen LogP contribution in [-0.2, 0) is 0 Å². The molecule has 1 heteroatoms. The van der Waals surface area contributed by atoms with E-state index in [1.54, 1.807) is 0 Å². The zero-order chi connectivity index (χ0) is 19.2. The third-order valence-electron chi connectivity index (χ3n) is 5.76. The fraction of sp³-hybridized carbons (Fsp3) is 0. The van der Waals surface area contributed by atoms with Crippen molar-refractivity contribution in [2.24, 2.45) is 0 Å². The van der Waals surface area contributed by atoms with Crippen LogP contribution in [0.2, 0.25) is 0 Å². The third-order valence-corrected chi connectivity index (χ3v) is 5.76. The van der Waals surface area contributed by atoms with Crippen LogP contribution in [0.25, 0.3) is 32.3 Å². The topological polar surface area (TPSA) is 3.24 Å². The van der Waals surface area contributed by atoms with Crippen LogP contribution in [0, 0.1) is 0 Å². The summed E-state index contributed by atoms with van der Waals surface area (Å²) in [5, 5.41) is 7.83. The highest BCUT2D eigenvalue weighted by atomic mass is 15.1. The number of hydrogen-bond donors (Lipinski definition) is 0. The van der Waals surface area contributed by atoms with Gasteiger partial charge in [0.1, 0.15) is 0 Å². The summed E-state index contributed by atoms with van der Waals surface area (Å²) in [5.74, 6) is 0. The lowest BCUT2D eigenvalue weighted by Gasteiger charge is -2.28. The van der Waals surface area contributed by atoms with Crippen molar-refractivity contribution in [1.82, 2.24) is 0 Å². The molecule has 0 aliphatic heterocycles. The zero-order valence-corrected chi connectivity index (χ0v) is 15.9. The molecule has 29 heavy (non-hydrogen) atoms. The Hall–Kier alpha value is -3.84. The first kappa shape index (κ1) is 16.1. The van der Waals surface area contributed by atoms with Gasteiger partial charge in [0.05, 0.1) is 5.69 Å². The maximum Gasteiger partial charge on any atom is 0.0546 e. The second-order valence-corrected chi connectivity index (χ2v) is 7.45. The van der Waals surface area contributed by atoms with Crippen LogP contribution in [0.3, 0.4) is 0 Å². The molecule has 0 bridgehead atoms. The highest BCUT2D eigenvalue weighted by molar-refractivity contribution is 6.26. The minimum absolute atomic E-state index is 1.16. The number of hydrogen-bond acceptors (Lipinski definition) is 1. The molecule has 0 heterocycles. The van der Waals surface area contributed by atoms with Crippen molar-refractivity contribution in [2.75, 3.05) is 4.90 Å². The molecule has 6 aromatic carbocycles. The second kappa shape index (κ2) is 6.35. The third kappa shape index (κ3) is 2.48. The van der Waals surface area contributed by atoms with E-state index in [1.165, 1.54) is 38.0 Å². The molecule has 6 rings (SSSR count). The Morgan fingerprint density at radius 2 is 0.966 bits per heavy atom. The minimum atomic E-state index is 1.16. The lowest BCUT2D eigenvalue weighted by atomic mass is 9.92. The van der Waals surface area contributed by atoms with E-state index in [0.717, 1.165) is 11.4 Å². The highest BCUT2D eigenvalue weighted by Crippen LogP contribution is 2.44. The molecular formula is C28H19N. The lowest BCUT2D eigenvalue weighted by molar-refractivity contribution is 1.30. The van der Waals surface area contributed by atoms with E-state index in [2.05, 4.69) is 120 Å². The molecule has 0 N–H and O–H groups in total. The smallest absolute Gasteiger partial charge is 0.0546 e. The van der Waals surface area contributed by atoms with Gasteiger partial charge in [-0.25, -0.2) is 0 Å². The Kier molecular flexibility index (Phi) is 3.54. The van der Waals surface area contributed by atoms with Gasteiger partial charge in [-0.3, -0.25) is 0 Å². The summed E-state index contributed by atoms with van der Waals surface area (Å²) >= 11 is 0. The quantitative estimate of drug-likeness (QED) is 0.285. The number of nitrogens with zero attached hydrogens (tertiary/aromatic N) is 1. The Balaban J connectivity index is 1.77. The molecule has 6 aromatic rings. The van der Waals surface area contributed by atoms with Crippen molar-refractivity contribution in [3.05, 3.63) is 115 Å². The summed E-state index contributed by atoms with van der Waals surface area (Å²) in [4.78, 5) is 2.36. The lowest BCUT2D eigenvalue weighted by Crippen LogP contribution is -2.10. The summed E-state index contributed by atoms with van der Waals surface area (Å²) in [6, 6.07) is 41.3. The Bertz CT molecular complexity index is 1400. The van der Waals surface area contributed by atoms with Crippen molar-refractivity contribution in [1.29, 1.82) is 0 Å². The van der Waals surface area contributed by atoms with Crippen molar-refractivity contribution >= 4 is 49.4 Å². The van der Waals surface area contributed by atoms with Crippen molar-refractivity contribution in [2.45, 2.75) is 0 Å². The second-order valence-electron chi connectivity index (χ2n) is 7.45. The molecule has 0 fully saturated rings. The molecule has 0 unspecified atom stereocenters. The normalized spacial score (nSPS) is 11.4. The van der Waals surface area contributed by atoms with Gasteiger partial charge in [0.15, 0.2) is 0 Å². The average molecular weight is 369 g/mol. The molecule has 0 radical (unpaired) electrons. The van der Waals surface area contributed by atoms with E-state index in [1.807, 2.05) is 0 Å². The molecule has 0 atom stereocenters. The van der Waals surface area contributed by atoms with Gasteiger partial charge in [0.25, 0.3) is 0 Å². The molecule has 0 spiro atoms. The molecule has 0 aliphatic rings. The van der Waals surface area contributed by atoms with Gasteiger partial charge >= 0.3 is 0 Å². The SMILES string of the molecule is c1ccc(N(c2ccccc2)c2cc3cccc4ccc5cccc2c5c43)cc1. The fourth-order valence-corrected chi connectivity index (χ4v) is 4.51. The van der Waals surface area contributed by atoms with E-state index in [4.69, 9.17) is 0 Å². The largest absolute Gasteiger partial charge is 0.310 e. The molecule has 0 amide bonds. The molecule has 0 saturated carbocycles. The van der Waals surface area contributed by atoms with Crippen LogP contribution in [0.5, 0.6) is 0 Å². The Labute approximate surface area is 169 Å². The minimum Gasteiger partial charge on any atom is -0.310 e. The van der Waals surface area contributed by atoms with Gasteiger partial charge in [-0.15, -0.1) is 0 Å². The van der Waals surface area contributed by atoms with Gasteiger partial charge in [-0.2, -0.15) is 0 Å². The highest BCUT2D eigenvalue weighted by Gasteiger charge is 2.18. The summed E-state index contributed by atoms with van der Waals surface area (Å²) in [6.07, 6.45) is 0. The van der Waals surface area contributed by atoms with Gasteiger partial charge in [-0.1, -0.05) is 84.9 Å². The molecule has 1 nitrogen and oxygen atoms in total. The Morgan fingerprint density at radius 3 is 1.62 bits per heavy atom. The number of anilines is 3. The Morgan fingerprint density at radius 1 is 0.414 bits per heavy atom. The molecular weight excluding hydrogens is 350 g/mol. The fourth-order valence-electron chi connectivity index (χ4n) is 4.51. The van der Waals surface area contributed by atoms with Gasteiger partial charge < -0.3 is 4.90 Å². The maximum atomic E-state index is 2.36. The number of para-hydroxylation sites is 2. The number of rotatable bonds is 3.